The zero-order valence-electron chi connectivity index (χ0n) is 20.2. The van der Waals surface area contributed by atoms with E-state index in [1.165, 1.54) is 76.2 Å². The monoisotopic (exact) mass is 424 g/mol. The quantitative estimate of drug-likeness (QED) is 0.239. The van der Waals surface area contributed by atoms with Gasteiger partial charge in [-0.1, -0.05) is 85.0 Å². The van der Waals surface area contributed by atoms with E-state index in [0.29, 0.717) is 0 Å². The summed E-state index contributed by atoms with van der Waals surface area (Å²) in [5.41, 5.74) is 2.29. The van der Waals surface area contributed by atoms with Gasteiger partial charge in [0.1, 0.15) is 5.75 Å². The van der Waals surface area contributed by atoms with Crippen LogP contribution in [0.5, 0.6) is 5.75 Å². The van der Waals surface area contributed by atoms with Crippen LogP contribution >= 0.6 is 0 Å². The van der Waals surface area contributed by atoms with Gasteiger partial charge in [0.15, 0.2) is 5.82 Å². The molecular weight excluding hydrogens is 380 g/mol. The zero-order chi connectivity index (χ0) is 22.2. The lowest BCUT2D eigenvalue weighted by Gasteiger charge is -2.09. The maximum absolute atomic E-state index is 5.89. The van der Waals surface area contributed by atoms with Crippen molar-refractivity contribution in [2.75, 3.05) is 6.61 Å². The maximum Gasteiger partial charge on any atom is 0.159 e. The van der Waals surface area contributed by atoms with Gasteiger partial charge in [0, 0.05) is 18.0 Å². The van der Waals surface area contributed by atoms with E-state index in [-0.39, 0.29) is 0 Å². The molecule has 0 saturated carbocycles. The van der Waals surface area contributed by atoms with E-state index in [0.717, 1.165) is 42.5 Å². The predicted molar refractivity (Wildman–Crippen MR) is 133 cm³/mol. The summed E-state index contributed by atoms with van der Waals surface area (Å²) in [6.45, 7) is 7.67. The zero-order valence-corrected chi connectivity index (χ0v) is 20.2. The molecule has 0 saturated heterocycles. The Morgan fingerprint density at radius 1 is 0.774 bits per heavy atom. The smallest absolute Gasteiger partial charge is 0.159 e. The molecule has 0 spiro atoms. The van der Waals surface area contributed by atoms with Gasteiger partial charge in [0.2, 0.25) is 0 Å². The standard InChI is InChI=1S/C28H44N2O/c1-4-6-7-8-9-10-13-16-25-22-29-28(30-23-25)26-17-19-27(20-18-26)31-21-14-11-12-15-24(3)5-2/h17-20,22-24H,4-16,21H2,1-3H3. The summed E-state index contributed by atoms with van der Waals surface area (Å²) in [5, 5.41) is 0. The molecule has 0 amide bonds. The summed E-state index contributed by atoms with van der Waals surface area (Å²) < 4.78 is 5.89. The molecular formula is C28H44N2O. The molecule has 1 atom stereocenters. The molecule has 0 bridgehead atoms. The van der Waals surface area contributed by atoms with Gasteiger partial charge in [0.25, 0.3) is 0 Å². The second-order valence-electron chi connectivity index (χ2n) is 9.02. The Hall–Kier alpha value is -1.90. The molecule has 3 heteroatoms. The maximum atomic E-state index is 5.89. The van der Waals surface area contributed by atoms with Crippen LogP contribution < -0.4 is 4.74 Å². The topological polar surface area (TPSA) is 35.0 Å². The van der Waals surface area contributed by atoms with E-state index in [4.69, 9.17) is 4.74 Å². The van der Waals surface area contributed by atoms with E-state index < -0.39 is 0 Å². The van der Waals surface area contributed by atoms with Gasteiger partial charge < -0.3 is 4.74 Å². The van der Waals surface area contributed by atoms with Gasteiger partial charge in [0.05, 0.1) is 6.61 Å². The molecule has 0 aliphatic heterocycles. The lowest BCUT2D eigenvalue weighted by Crippen LogP contribution is -1.98. The van der Waals surface area contributed by atoms with Crippen molar-refractivity contribution in [3.8, 4) is 17.1 Å². The van der Waals surface area contributed by atoms with Crippen LogP contribution in [0, 0.1) is 5.92 Å². The Bertz CT molecular complexity index is 681. The number of hydrogen-bond donors (Lipinski definition) is 0. The summed E-state index contributed by atoms with van der Waals surface area (Å²) in [6, 6.07) is 8.18. The largest absolute Gasteiger partial charge is 0.494 e. The number of benzene rings is 1. The predicted octanol–water partition coefficient (Wildman–Crippen LogP) is 8.42. The molecule has 1 heterocycles. The van der Waals surface area contributed by atoms with Crippen molar-refractivity contribution < 1.29 is 4.74 Å². The fourth-order valence-electron chi connectivity index (χ4n) is 3.79. The molecule has 0 aliphatic carbocycles. The lowest BCUT2D eigenvalue weighted by molar-refractivity contribution is 0.302. The SMILES string of the molecule is CCCCCCCCCc1cnc(-c2ccc(OCCCCCC(C)CC)cc2)nc1. The fourth-order valence-corrected chi connectivity index (χ4v) is 3.79. The van der Waals surface area contributed by atoms with Crippen LogP contribution in [0.25, 0.3) is 11.4 Å². The summed E-state index contributed by atoms with van der Waals surface area (Å²) in [5.74, 6) is 2.58. The summed E-state index contributed by atoms with van der Waals surface area (Å²) in [6.07, 6.45) is 20.7. The molecule has 2 aromatic rings. The van der Waals surface area contributed by atoms with Crippen molar-refractivity contribution in [1.82, 2.24) is 9.97 Å². The average Bonchev–Trinajstić information content (AvgIpc) is 2.81. The molecule has 1 aromatic heterocycles. The molecule has 3 nitrogen and oxygen atoms in total. The lowest BCUT2D eigenvalue weighted by atomic mass is 10.0. The van der Waals surface area contributed by atoms with E-state index in [1.807, 2.05) is 24.5 Å². The first-order valence-electron chi connectivity index (χ1n) is 12.8. The minimum Gasteiger partial charge on any atom is -0.494 e. The Morgan fingerprint density at radius 3 is 2.10 bits per heavy atom. The van der Waals surface area contributed by atoms with Gasteiger partial charge in [-0.05, 0) is 55.0 Å². The van der Waals surface area contributed by atoms with Crippen LogP contribution in [0.1, 0.15) is 103 Å². The highest BCUT2D eigenvalue weighted by atomic mass is 16.5. The summed E-state index contributed by atoms with van der Waals surface area (Å²) >= 11 is 0. The number of unbranched alkanes of at least 4 members (excludes halogenated alkanes) is 8. The number of aromatic nitrogens is 2. The van der Waals surface area contributed by atoms with Crippen molar-refractivity contribution >= 4 is 0 Å². The molecule has 2 rings (SSSR count). The molecule has 0 fully saturated rings. The van der Waals surface area contributed by atoms with Crippen LogP contribution in [0.15, 0.2) is 36.7 Å². The second-order valence-corrected chi connectivity index (χ2v) is 9.02. The van der Waals surface area contributed by atoms with E-state index in [2.05, 4.69) is 42.9 Å². The first-order chi connectivity index (χ1) is 15.2. The molecule has 1 unspecified atom stereocenters. The van der Waals surface area contributed by atoms with Crippen molar-refractivity contribution in [1.29, 1.82) is 0 Å². The minimum absolute atomic E-state index is 0.792. The van der Waals surface area contributed by atoms with E-state index in [9.17, 15) is 0 Å². The Labute approximate surface area is 191 Å². The van der Waals surface area contributed by atoms with Crippen molar-refractivity contribution in [2.45, 2.75) is 104 Å². The van der Waals surface area contributed by atoms with Gasteiger partial charge in [-0.25, -0.2) is 9.97 Å². The van der Waals surface area contributed by atoms with E-state index >= 15 is 0 Å². The molecule has 0 radical (unpaired) electrons. The first kappa shape index (κ1) is 25.4. The van der Waals surface area contributed by atoms with Gasteiger partial charge in [-0.15, -0.1) is 0 Å². The normalized spacial score (nSPS) is 12.1. The summed E-state index contributed by atoms with van der Waals surface area (Å²) in [7, 11) is 0. The number of rotatable bonds is 17. The summed E-state index contributed by atoms with van der Waals surface area (Å²) in [4.78, 5) is 9.17. The molecule has 1 aromatic carbocycles. The Balaban J connectivity index is 1.65. The van der Waals surface area contributed by atoms with Crippen molar-refractivity contribution in [3.63, 3.8) is 0 Å². The third-order valence-corrected chi connectivity index (χ3v) is 6.19. The van der Waals surface area contributed by atoms with Gasteiger partial charge >= 0.3 is 0 Å². The Kier molecular flexibility index (Phi) is 13.0. The number of nitrogens with zero attached hydrogens (tertiary/aromatic N) is 2. The van der Waals surface area contributed by atoms with E-state index in [1.54, 1.807) is 0 Å². The average molecular weight is 425 g/mol. The third kappa shape index (κ3) is 10.8. The highest BCUT2D eigenvalue weighted by molar-refractivity contribution is 5.55. The molecule has 172 valence electrons. The van der Waals surface area contributed by atoms with Crippen LogP contribution in [-0.4, -0.2) is 16.6 Å². The number of aryl methyl sites for hydroxylation is 1. The fraction of sp³-hybridized carbons (Fsp3) is 0.643. The van der Waals surface area contributed by atoms with Gasteiger partial charge in [-0.2, -0.15) is 0 Å². The van der Waals surface area contributed by atoms with Crippen molar-refractivity contribution in [3.05, 3.63) is 42.2 Å². The van der Waals surface area contributed by atoms with Crippen LogP contribution in [0.4, 0.5) is 0 Å². The second kappa shape index (κ2) is 15.8. The molecule has 0 aliphatic rings. The van der Waals surface area contributed by atoms with Crippen LogP contribution in [-0.2, 0) is 6.42 Å². The van der Waals surface area contributed by atoms with Crippen LogP contribution in [0.3, 0.4) is 0 Å². The number of hydrogen-bond acceptors (Lipinski definition) is 3. The number of ether oxygens (including phenoxy) is 1. The highest BCUT2D eigenvalue weighted by Crippen LogP contribution is 2.20. The Morgan fingerprint density at radius 2 is 1.42 bits per heavy atom. The molecule has 31 heavy (non-hydrogen) atoms. The highest BCUT2D eigenvalue weighted by Gasteiger charge is 2.03. The van der Waals surface area contributed by atoms with Gasteiger partial charge in [-0.3, -0.25) is 0 Å². The van der Waals surface area contributed by atoms with Crippen LogP contribution in [0.2, 0.25) is 0 Å². The molecule has 0 N–H and O–H groups in total. The first-order valence-corrected chi connectivity index (χ1v) is 12.8. The minimum atomic E-state index is 0.792. The van der Waals surface area contributed by atoms with Crippen molar-refractivity contribution in [2.24, 2.45) is 5.92 Å². The third-order valence-electron chi connectivity index (χ3n) is 6.19.